The molecule has 3 heterocycles. The number of carbonyl (C=O) groups excluding carboxylic acids is 2. The van der Waals surface area contributed by atoms with E-state index in [0.29, 0.717) is 55.6 Å². The topological polar surface area (TPSA) is 79.8 Å². The van der Waals surface area contributed by atoms with Crippen LogP contribution in [0.2, 0.25) is 0 Å². The molecule has 8 heteroatoms. The zero-order valence-corrected chi connectivity index (χ0v) is 15.7. The summed E-state index contributed by atoms with van der Waals surface area (Å²) in [6.07, 6.45) is 3.51. The van der Waals surface area contributed by atoms with Crippen LogP contribution in [0, 0.1) is 5.82 Å². The van der Waals surface area contributed by atoms with Crippen LogP contribution in [-0.2, 0) is 11.2 Å². The van der Waals surface area contributed by atoms with E-state index in [-0.39, 0.29) is 24.1 Å². The van der Waals surface area contributed by atoms with Crippen molar-refractivity contribution in [2.45, 2.75) is 12.8 Å². The Morgan fingerprint density at radius 3 is 2.52 bits per heavy atom. The van der Waals surface area contributed by atoms with Crippen molar-refractivity contribution in [2.24, 2.45) is 0 Å². The van der Waals surface area contributed by atoms with Gasteiger partial charge in [-0.15, -0.1) is 0 Å². The van der Waals surface area contributed by atoms with Crippen molar-refractivity contribution in [1.82, 2.24) is 14.8 Å². The Labute approximate surface area is 166 Å². The molecule has 0 unspecified atom stereocenters. The van der Waals surface area contributed by atoms with E-state index in [0.717, 1.165) is 0 Å². The van der Waals surface area contributed by atoms with E-state index in [1.54, 1.807) is 40.1 Å². The SMILES string of the molecule is O=C(CCc1ncc(-c2ccccc2F)o1)N1CCN(C(=O)c2ccco2)CC1. The van der Waals surface area contributed by atoms with Crippen LogP contribution in [0.1, 0.15) is 22.9 Å². The molecule has 0 aliphatic carbocycles. The molecule has 0 bridgehead atoms. The van der Waals surface area contributed by atoms with Crippen LogP contribution < -0.4 is 0 Å². The Bertz CT molecular complexity index is 991. The van der Waals surface area contributed by atoms with Gasteiger partial charge in [-0.2, -0.15) is 0 Å². The number of hydrogen-bond donors (Lipinski definition) is 0. The lowest BCUT2D eigenvalue weighted by Crippen LogP contribution is -2.50. The molecule has 1 aliphatic rings. The number of piperazine rings is 1. The molecule has 1 fully saturated rings. The van der Waals surface area contributed by atoms with Crippen LogP contribution in [0.3, 0.4) is 0 Å². The van der Waals surface area contributed by atoms with Crippen molar-refractivity contribution in [3.63, 3.8) is 0 Å². The molecule has 7 nitrogen and oxygen atoms in total. The van der Waals surface area contributed by atoms with E-state index in [9.17, 15) is 14.0 Å². The third kappa shape index (κ3) is 4.21. The normalized spacial score (nSPS) is 14.2. The first-order valence-corrected chi connectivity index (χ1v) is 9.42. The number of halogens is 1. The number of amides is 2. The highest BCUT2D eigenvalue weighted by Gasteiger charge is 2.26. The second kappa shape index (κ2) is 8.30. The van der Waals surface area contributed by atoms with Gasteiger partial charge in [0.25, 0.3) is 5.91 Å². The number of oxazole rings is 1. The molecular weight excluding hydrogens is 377 g/mol. The molecule has 0 spiro atoms. The molecule has 2 amide bonds. The molecule has 0 radical (unpaired) electrons. The van der Waals surface area contributed by atoms with Gasteiger partial charge in [0, 0.05) is 39.0 Å². The quantitative estimate of drug-likeness (QED) is 0.661. The Kier molecular flexibility index (Phi) is 5.41. The van der Waals surface area contributed by atoms with Crippen molar-refractivity contribution < 1.29 is 22.8 Å². The zero-order chi connectivity index (χ0) is 20.2. The minimum absolute atomic E-state index is 0.0271. The first-order valence-electron chi connectivity index (χ1n) is 9.42. The predicted octanol–water partition coefficient (Wildman–Crippen LogP) is 2.99. The second-order valence-corrected chi connectivity index (χ2v) is 6.75. The lowest BCUT2D eigenvalue weighted by molar-refractivity contribution is -0.132. The number of nitrogens with zero attached hydrogens (tertiary/aromatic N) is 3. The van der Waals surface area contributed by atoms with Crippen LogP contribution in [0.15, 0.2) is 57.7 Å². The van der Waals surface area contributed by atoms with Crippen molar-refractivity contribution in [2.75, 3.05) is 26.2 Å². The average molecular weight is 397 g/mol. The largest absolute Gasteiger partial charge is 0.459 e. The van der Waals surface area contributed by atoms with Gasteiger partial charge >= 0.3 is 0 Å². The number of benzene rings is 1. The monoisotopic (exact) mass is 397 g/mol. The van der Waals surface area contributed by atoms with Crippen LogP contribution in [0.5, 0.6) is 0 Å². The van der Waals surface area contributed by atoms with Crippen molar-refractivity contribution >= 4 is 11.8 Å². The highest BCUT2D eigenvalue weighted by atomic mass is 19.1. The van der Waals surface area contributed by atoms with Crippen molar-refractivity contribution in [3.05, 3.63) is 66.3 Å². The summed E-state index contributed by atoms with van der Waals surface area (Å²) in [5, 5.41) is 0. The Hall–Kier alpha value is -3.42. The highest BCUT2D eigenvalue weighted by molar-refractivity contribution is 5.91. The lowest BCUT2D eigenvalue weighted by Gasteiger charge is -2.34. The fourth-order valence-electron chi connectivity index (χ4n) is 3.30. The molecule has 1 saturated heterocycles. The van der Waals surface area contributed by atoms with E-state index in [2.05, 4.69) is 4.98 Å². The second-order valence-electron chi connectivity index (χ2n) is 6.75. The Morgan fingerprint density at radius 2 is 1.79 bits per heavy atom. The minimum atomic E-state index is -0.381. The first-order chi connectivity index (χ1) is 14.1. The maximum absolute atomic E-state index is 13.8. The zero-order valence-electron chi connectivity index (χ0n) is 15.7. The van der Waals surface area contributed by atoms with Gasteiger partial charge in [-0.05, 0) is 24.3 Å². The van der Waals surface area contributed by atoms with Gasteiger partial charge in [0.05, 0.1) is 18.0 Å². The van der Waals surface area contributed by atoms with Gasteiger partial charge in [-0.25, -0.2) is 9.37 Å². The number of aromatic nitrogens is 1. The molecular formula is C21H20FN3O4. The lowest BCUT2D eigenvalue weighted by atomic mass is 10.2. The summed E-state index contributed by atoms with van der Waals surface area (Å²) in [4.78, 5) is 32.3. The third-order valence-electron chi connectivity index (χ3n) is 4.90. The van der Waals surface area contributed by atoms with E-state index in [1.165, 1.54) is 18.5 Å². The van der Waals surface area contributed by atoms with E-state index >= 15 is 0 Å². The molecule has 3 aromatic rings. The summed E-state index contributed by atoms with van der Waals surface area (Å²) in [5.41, 5.74) is 0.343. The van der Waals surface area contributed by atoms with E-state index in [1.807, 2.05) is 0 Å². The van der Waals surface area contributed by atoms with Crippen molar-refractivity contribution in [1.29, 1.82) is 0 Å². The summed E-state index contributed by atoms with van der Waals surface area (Å²) in [5.74, 6) is 0.467. The minimum Gasteiger partial charge on any atom is -0.459 e. The smallest absolute Gasteiger partial charge is 0.289 e. The molecule has 1 aliphatic heterocycles. The maximum atomic E-state index is 13.8. The molecule has 4 rings (SSSR count). The summed E-state index contributed by atoms with van der Waals surface area (Å²) < 4.78 is 24.6. The van der Waals surface area contributed by atoms with Gasteiger partial charge in [-0.3, -0.25) is 9.59 Å². The number of aryl methyl sites for hydroxylation is 1. The third-order valence-corrected chi connectivity index (χ3v) is 4.90. The fourth-order valence-corrected chi connectivity index (χ4v) is 3.30. The van der Waals surface area contributed by atoms with Crippen LogP contribution >= 0.6 is 0 Å². The molecule has 2 aromatic heterocycles. The predicted molar refractivity (Wildman–Crippen MR) is 101 cm³/mol. The molecule has 0 atom stereocenters. The summed E-state index contributed by atoms with van der Waals surface area (Å²) in [7, 11) is 0. The average Bonchev–Trinajstić information content (AvgIpc) is 3.44. The Morgan fingerprint density at radius 1 is 1.03 bits per heavy atom. The number of furan rings is 1. The van der Waals surface area contributed by atoms with Crippen molar-refractivity contribution in [3.8, 4) is 11.3 Å². The van der Waals surface area contributed by atoms with Crippen LogP contribution in [-0.4, -0.2) is 52.8 Å². The van der Waals surface area contributed by atoms with Gasteiger partial charge < -0.3 is 18.6 Å². The van der Waals surface area contributed by atoms with Gasteiger partial charge in [0.15, 0.2) is 17.4 Å². The number of hydrogen-bond acceptors (Lipinski definition) is 5. The number of carbonyl (C=O) groups is 2. The fraction of sp³-hybridized carbons (Fsp3) is 0.286. The maximum Gasteiger partial charge on any atom is 0.289 e. The first kappa shape index (κ1) is 18.9. The molecule has 0 N–H and O–H groups in total. The van der Waals surface area contributed by atoms with Gasteiger partial charge in [0.1, 0.15) is 5.82 Å². The Balaban J connectivity index is 1.28. The number of rotatable bonds is 5. The summed E-state index contributed by atoms with van der Waals surface area (Å²) in [6, 6.07) is 9.61. The summed E-state index contributed by atoms with van der Waals surface area (Å²) in [6.45, 7) is 1.86. The standard InChI is InChI=1S/C21H20FN3O4/c22-16-5-2-1-4-15(16)18-14-23-19(29-18)7-8-20(26)24-9-11-25(12-10-24)21(27)17-6-3-13-28-17/h1-6,13-14H,7-12H2. The molecule has 29 heavy (non-hydrogen) atoms. The van der Waals surface area contributed by atoms with E-state index < -0.39 is 0 Å². The van der Waals surface area contributed by atoms with Gasteiger partial charge in [0.2, 0.25) is 5.91 Å². The molecule has 0 saturated carbocycles. The highest BCUT2D eigenvalue weighted by Crippen LogP contribution is 2.23. The van der Waals surface area contributed by atoms with Crippen LogP contribution in [0.25, 0.3) is 11.3 Å². The van der Waals surface area contributed by atoms with Crippen LogP contribution in [0.4, 0.5) is 4.39 Å². The van der Waals surface area contributed by atoms with E-state index in [4.69, 9.17) is 8.83 Å². The summed E-state index contributed by atoms with van der Waals surface area (Å²) >= 11 is 0. The molecule has 150 valence electrons. The molecule has 1 aromatic carbocycles. The van der Waals surface area contributed by atoms with Gasteiger partial charge in [-0.1, -0.05) is 12.1 Å².